The Morgan fingerprint density at radius 3 is 2.36 bits per heavy atom. The van der Waals surface area contributed by atoms with Gasteiger partial charge in [-0.15, -0.1) is 0 Å². The Labute approximate surface area is 63.6 Å². The third-order valence-electron chi connectivity index (χ3n) is 0.902. The molecule has 0 aliphatic heterocycles. The second-order valence-electron chi connectivity index (χ2n) is 1.73. The first-order chi connectivity index (χ1) is 5.13. The zero-order chi connectivity index (χ0) is 8.85. The lowest BCUT2D eigenvalue weighted by atomic mass is 10.3. The van der Waals surface area contributed by atoms with Crippen molar-refractivity contribution in [1.82, 2.24) is 0 Å². The highest BCUT2D eigenvalue weighted by atomic mass is 16.5. The van der Waals surface area contributed by atoms with E-state index in [0.717, 1.165) is 6.92 Å². The maximum atomic E-state index is 10.7. The SMILES string of the molecule is CCOC(=O)/C(=N/O)C(C)=O. The summed E-state index contributed by atoms with van der Waals surface area (Å²) >= 11 is 0. The Bertz CT molecular complexity index is 197. The predicted molar refractivity (Wildman–Crippen MR) is 36.5 cm³/mol. The number of nitrogens with zero attached hydrogens (tertiary/aromatic N) is 1. The largest absolute Gasteiger partial charge is 0.461 e. The van der Waals surface area contributed by atoms with Gasteiger partial charge in [-0.05, 0) is 6.92 Å². The smallest absolute Gasteiger partial charge is 0.364 e. The van der Waals surface area contributed by atoms with Gasteiger partial charge < -0.3 is 9.94 Å². The van der Waals surface area contributed by atoms with E-state index in [1.165, 1.54) is 0 Å². The minimum absolute atomic E-state index is 0.144. The summed E-state index contributed by atoms with van der Waals surface area (Å²) in [5, 5.41) is 10.7. The first-order valence-electron chi connectivity index (χ1n) is 3.03. The van der Waals surface area contributed by atoms with Crippen molar-refractivity contribution >= 4 is 17.5 Å². The number of hydrogen-bond acceptors (Lipinski definition) is 5. The minimum Gasteiger partial charge on any atom is -0.461 e. The normalized spacial score (nSPS) is 10.9. The zero-order valence-corrected chi connectivity index (χ0v) is 6.33. The molecule has 0 aliphatic rings. The van der Waals surface area contributed by atoms with E-state index in [2.05, 4.69) is 9.89 Å². The van der Waals surface area contributed by atoms with Crippen LogP contribution in [0, 0.1) is 0 Å². The first-order valence-corrected chi connectivity index (χ1v) is 3.03. The fraction of sp³-hybridized carbons (Fsp3) is 0.500. The third-order valence-corrected chi connectivity index (χ3v) is 0.902. The third kappa shape index (κ3) is 2.79. The van der Waals surface area contributed by atoms with Crippen molar-refractivity contribution in [3.8, 4) is 0 Å². The molecule has 0 saturated heterocycles. The number of oxime groups is 1. The van der Waals surface area contributed by atoms with Crippen LogP contribution in [-0.2, 0) is 14.3 Å². The van der Waals surface area contributed by atoms with Crippen LogP contribution in [0.5, 0.6) is 0 Å². The van der Waals surface area contributed by atoms with Gasteiger partial charge in [0.25, 0.3) is 0 Å². The average molecular weight is 159 g/mol. The molecule has 0 aromatic rings. The summed E-state index contributed by atoms with van der Waals surface area (Å²) in [5.74, 6) is -1.52. The van der Waals surface area contributed by atoms with Crippen molar-refractivity contribution in [2.75, 3.05) is 6.61 Å². The van der Waals surface area contributed by atoms with Crippen LogP contribution in [0.15, 0.2) is 5.16 Å². The van der Waals surface area contributed by atoms with Crippen molar-refractivity contribution in [2.45, 2.75) is 13.8 Å². The lowest BCUT2D eigenvalue weighted by molar-refractivity contribution is -0.135. The molecule has 0 aromatic carbocycles. The van der Waals surface area contributed by atoms with Gasteiger partial charge in [0, 0.05) is 6.92 Å². The standard InChI is InChI=1S/C6H9NO4/c1-3-11-6(9)5(7-10)4(2)8/h10H,3H2,1-2H3/b7-5+. The predicted octanol–water partition coefficient (Wildman–Crippen LogP) is -0.0313. The summed E-state index contributed by atoms with van der Waals surface area (Å²) in [5.41, 5.74) is -0.577. The van der Waals surface area contributed by atoms with Gasteiger partial charge in [0.15, 0.2) is 5.78 Å². The highest BCUT2D eigenvalue weighted by Gasteiger charge is 2.17. The van der Waals surface area contributed by atoms with Crippen molar-refractivity contribution in [3.63, 3.8) is 0 Å². The molecule has 0 spiro atoms. The van der Waals surface area contributed by atoms with Crippen LogP contribution in [0.25, 0.3) is 0 Å². The van der Waals surface area contributed by atoms with Crippen molar-refractivity contribution in [3.05, 3.63) is 0 Å². The Balaban J connectivity index is 4.29. The molecule has 0 saturated carbocycles. The number of carbonyl (C=O) groups is 2. The van der Waals surface area contributed by atoms with Gasteiger partial charge in [-0.3, -0.25) is 4.79 Å². The monoisotopic (exact) mass is 159 g/mol. The van der Waals surface area contributed by atoms with E-state index in [1.807, 2.05) is 0 Å². The molecule has 11 heavy (non-hydrogen) atoms. The Kier molecular flexibility index (Phi) is 3.87. The van der Waals surface area contributed by atoms with Crippen molar-refractivity contribution in [1.29, 1.82) is 0 Å². The van der Waals surface area contributed by atoms with Crippen LogP contribution >= 0.6 is 0 Å². The zero-order valence-electron chi connectivity index (χ0n) is 6.33. The van der Waals surface area contributed by atoms with Crippen molar-refractivity contribution in [2.24, 2.45) is 5.16 Å². The molecule has 0 unspecified atom stereocenters. The van der Waals surface area contributed by atoms with Gasteiger partial charge in [0.1, 0.15) is 0 Å². The van der Waals surface area contributed by atoms with E-state index in [0.29, 0.717) is 0 Å². The van der Waals surface area contributed by atoms with Gasteiger partial charge in [-0.25, -0.2) is 4.79 Å². The highest BCUT2D eigenvalue weighted by Crippen LogP contribution is 1.86. The second kappa shape index (κ2) is 4.43. The van der Waals surface area contributed by atoms with Crippen LogP contribution in [-0.4, -0.2) is 29.3 Å². The summed E-state index contributed by atoms with van der Waals surface area (Å²) in [4.78, 5) is 21.2. The number of esters is 1. The van der Waals surface area contributed by atoms with Crippen LogP contribution in [0.4, 0.5) is 0 Å². The van der Waals surface area contributed by atoms with Gasteiger partial charge in [0.05, 0.1) is 6.61 Å². The summed E-state index contributed by atoms with van der Waals surface area (Å²) in [7, 11) is 0. The summed E-state index contributed by atoms with van der Waals surface area (Å²) in [6.07, 6.45) is 0. The molecule has 0 fully saturated rings. The summed E-state index contributed by atoms with van der Waals surface area (Å²) in [6, 6.07) is 0. The maximum absolute atomic E-state index is 10.7. The van der Waals surface area contributed by atoms with E-state index in [9.17, 15) is 9.59 Å². The molecule has 62 valence electrons. The molecule has 0 aliphatic carbocycles. The fourth-order valence-electron chi connectivity index (χ4n) is 0.454. The van der Waals surface area contributed by atoms with Gasteiger partial charge >= 0.3 is 5.97 Å². The van der Waals surface area contributed by atoms with Crippen LogP contribution < -0.4 is 0 Å². The number of ketones is 1. The molecule has 5 nitrogen and oxygen atoms in total. The van der Waals surface area contributed by atoms with Crippen LogP contribution in [0.2, 0.25) is 0 Å². The molecule has 0 atom stereocenters. The Morgan fingerprint density at radius 2 is 2.09 bits per heavy atom. The van der Waals surface area contributed by atoms with Gasteiger partial charge in [0.2, 0.25) is 5.71 Å². The number of Topliss-reactive ketones (excluding diaryl/α,β-unsaturated/α-hetero) is 1. The summed E-state index contributed by atoms with van der Waals surface area (Å²) < 4.78 is 4.41. The van der Waals surface area contributed by atoms with Gasteiger partial charge in [-0.1, -0.05) is 5.16 Å². The number of rotatable bonds is 3. The lowest BCUT2D eigenvalue weighted by Crippen LogP contribution is -2.24. The van der Waals surface area contributed by atoms with Gasteiger partial charge in [-0.2, -0.15) is 0 Å². The second-order valence-corrected chi connectivity index (χ2v) is 1.73. The number of carbonyl (C=O) groups excluding carboxylic acids is 2. The molecule has 0 aromatic heterocycles. The maximum Gasteiger partial charge on any atom is 0.364 e. The molecular weight excluding hydrogens is 150 g/mol. The molecule has 0 bridgehead atoms. The molecule has 0 amide bonds. The Hall–Kier alpha value is -1.39. The van der Waals surface area contributed by atoms with E-state index < -0.39 is 17.5 Å². The molecule has 0 heterocycles. The van der Waals surface area contributed by atoms with E-state index in [1.54, 1.807) is 6.92 Å². The highest BCUT2D eigenvalue weighted by molar-refractivity contribution is 6.63. The Morgan fingerprint density at radius 1 is 1.55 bits per heavy atom. The quantitative estimate of drug-likeness (QED) is 0.206. The first kappa shape index (κ1) is 9.61. The molecular formula is C6H9NO4. The van der Waals surface area contributed by atoms with Crippen LogP contribution in [0.1, 0.15) is 13.8 Å². The van der Waals surface area contributed by atoms with Crippen molar-refractivity contribution < 1.29 is 19.5 Å². The minimum atomic E-state index is -0.900. The molecule has 0 radical (unpaired) electrons. The topological polar surface area (TPSA) is 76.0 Å². The fourth-order valence-corrected chi connectivity index (χ4v) is 0.454. The van der Waals surface area contributed by atoms with E-state index in [-0.39, 0.29) is 6.61 Å². The molecule has 0 rings (SSSR count). The average Bonchev–Trinajstić information content (AvgIpc) is 1.88. The van der Waals surface area contributed by atoms with Crippen LogP contribution in [0.3, 0.4) is 0 Å². The van der Waals surface area contributed by atoms with E-state index >= 15 is 0 Å². The molecule has 5 heteroatoms. The molecule has 1 N–H and O–H groups in total. The lowest BCUT2D eigenvalue weighted by Gasteiger charge is -1.98. The summed E-state index contributed by atoms with van der Waals surface area (Å²) in [6.45, 7) is 2.85. The van der Waals surface area contributed by atoms with E-state index in [4.69, 9.17) is 5.21 Å². The number of ether oxygens (including phenoxy) is 1. The number of hydrogen-bond donors (Lipinski definition) is 1.